The molecule has 1 aromatic rings. The molecule has 6 heteroatoms. The van der Waals surface area contributed by atoms with E-state index in [1.54, 1.807) is 17.8 Å². The van der Waals surface area contributed by atoms with Crippen molar-refractivity contribution in [1.29, 1.82) is 0 Å². The summed E-state index contributed by atoms with van der Waals surface area (Å²) in [6, 6.07) is 0. The lowest BCUT2D eigenvalue weighted by atomic mass is 10.6. The number of sulfone groups is 1. The Morgan fingerprint density at radius 1 is 1.67 bits per heavy atom. The van der Waals surface area contributed by atoms with Crippen molar-refractivity contribution < 1.29 is 8.42 Å². The second kappa shape index (κ2) is 2.78. The Morgan fingerprint density at radius 2 is 2.25 bits per heavy atom. The molecular weight excluding hydrogens is 178 g/mol. The molecule has 1 rings (SSSR count). The minimum Gasteiger partial charge on any atom is -0.369 e. The molecule has 0 aliphatic carbocycles. The zero-order valence-corrected chi connectivity index (χ0v) is 7.80. The van der Waals surface area contributed by atoms with E-state index in [-0.39, 0.29) is 5.75 Å². The van der Waals surface area contributed by atoms with Crippen LogP contribution >= 0.6 is 0 Å². The van der Waals surface area contributed by atoms with Crippen molar-refractivity contribution in [2.45, 2.75) is 5.75 Å². The maximum atomic E-state index is 10.8. The number of nitrogen functional groups attached to an aromatic ring is 1. The lowest BCUT2D eigenvalue weighted by molar-refractivity contribution is 0.600. The Bertz CT molecular complexity index is 360. The fourth-order valence-corrected chi connectivity index (χ4v) is 1.56. The van der Waals surface area contributed by atoms with Crippen LogP contribution in [0, 0.1) is 0 Å². The highest BCUT2D eigenvalue weighted by atomic mass is 32.2. The average Bonchev–Trinajstić information content (AvgIpc) is 2.07. The summed E-state index contributed by atoms with van der Waals surface area (Å²) in [5, 5.41) is 0. The minimum absolute atomic E-state index is 0.0575. The van der Waals surface area contributed by atoms with E-state index in [1.807, 2.05) is 0 Å². The number of nitrogens with zero attached hydrogens (tertiary/aromatic N) is 2. The fourth-order valence-electron chi connectivity index (χ4n) is 0.883. The quantitative estimate of drug-likeness (QED) is 0.683. The van der Waals surface area contributed by atoms with Gasteiger partial charge in [0, 0.05) is 19.5 Å². The molecule has 0 bridgehead atoms. The summed E-state index contributed by atoms with van der Waals surface area (Å²) in [5.74, 6) is 0.270. The number of aryl methyl sites for hydroxylation is 1. The molecule has 1 heterocycles. The highest BCUT2D eigenvalue weighted by molar-refractivity contribution is 7.89. The van der Waals surface area contributed by atoms with E-state index in [0.717, 1.165) is 6.26 Å². The Labute approximate surface area is 71.1 Å². The molecule has 0 aliphatic heterocycles. The number of imidazole rings is 1. The molecule has 0 spiro atoms. The van der Waals surface area contributed by atoms with Gasteiger partial charge in [0.2, 0.25) is 0 Å². The molecule has 0 unspecified atom stereocenters. The van der Waals surface area contributed by atoms with Crippen LogP contribution in [0.2, 0.25) is 0 Å². The maximum absolute atomic E-state index is 10.8. The molecule has 5 nitrogen and oxygen atoms in total. The number of aromatic nitrogens is 2. The van der Waals surface area contributed by atoms with E-state index in [0.29, 0.717) is 11.6 Å². The van der Waals surface area contributed by atoms with Crippen LogP contribution in [-0.2, 0) is 22.6 Å². The van der Waals surface area contributed by atoms with Gasteiger partial charge in [0.25, 0.3) is 0 Å². The third kappa shape index (κ3) is 2.23. The first-order chi connectivity index (χ1) is 5.38. The van der Waals surface area contributed by atoms with Gasteiger partial charge in [0.05, 0.1) is 11.4 Å². The molecule has 0 amide bonds. The van der Waals surface area contributed by atoms with Crippen LogP contribution in [0.3, 0.4) is 0 Å². The largest absolute Gasteiger partial charge is 0.369 e. The van der Waals surface area contributed by atoms with Crippen molar-refractivity contribution in [2.24, 2.45) is 7.05 Å². The molecular formula is C6H11N3O2S. The second-order valence-electron chi connectivity index (χ2n) is 2.77. The number of nitrogens with two attached hydrogens (primary N) is 1. The molecule has 1 aromatic heterocycles. The van der Waals surface area contributed by atoms with E-state index in [2.05, 4.69) is 4.98 Å². The van der Waals surface area contributed by atoms with Crippen LogP contribution in [-0.4, -0.2) is 24.2 Å². The van der Waals surface area contributed by atoms with Gasteiger partial charge in [-0.25, -0.2) is 13.4 Å². The Balaban J connectivity index is 2.92. The zero-order valence-electron chi connectivity index (χ0n) is 6.98. The van der Waals surface area contributed by atoms with Crippen molar-refractivity contribution in [3.8, 4) is 0 Å². The summed E-state index contributed by atoms with van der Waals surface area (Å²) in [6.45, 7) is 0. The van der Waals surface area contributed by atoms with Crippen molar-refractivity contribution in [3.63, 3.8) is 0 Å². The third-order valence-electron chi connectivity index (χ3n) is 1.37. The van der Waals surface area contributed by atoms with Gasteiger partial charge in [-0.2, -0.15) is 0 Å². The summed E-state index contributed by atoms with van der Waals surface area (Å²) in [7, 11) is -1.30. The van der Waals surface area contributed by atoms with Gasteiger partial charge in [-0.3, -0.25) is 0 Å². The summed E-state index contributed by atoms with van der Waals surface area (Å²) in [5.41, 5.74) is 5.90. The van der Waals surface area contributed by atoms with E-state index in [9.17, 15) is 8.42 Å². The van der Waals surface area contributed by atoms with Crippen molar-refractivity contribution in [3.05, 3.63) is 11.9 Å². The summed E-state index contributed by atoms with van der Waals surface area (Å²) >= 11 is 0. The topological polar surface area (TPSA) is 78.0 Å². The molecule has 0 radical (unpaired) electrons. The zero-order chi connectivity index (χ0) is 9.35. The monoisotopic (exact) mass is 189 g/mol. The fraction of sp³-hybridized carbons (Fsp3) is 0.500. The first-order valence-electron chi connectivity index (χ1n) is 3.34. The van der Waals surface area contributed by atoms with Crippen molar-refractivity contribution in [2.75, 3.05) is 12.0 Å². The van der Waals surface area contributed by atoms with Crippen LogP contribution in [0.5, 0.6) is 0 Å². The van der Waals surface area contributed by atoms with Crippen LogP contribution < -0.4 is 5.73 Å². The normalized spacial score (nSPS) is 11.8. The molecule has 0 fully saturated rings. The molecule has 12 heavy (non-hydrogen) atoms. The summed E-state index contributed by atoms with van der Waals surface area (Å²) in [4.78, 5) is 3.86. The molecule has 2 N–H and O–H groups in total. The van der Waals surface area contributed by atoms with Crippen LogP contribution in [0.4, 0.5) is 5.95 Å². The first-order valence-corrected chi connectivity index (χ1v) is 5.40. The smallest absolute Gasteiger partial charge is 0.200 e. The molecule has 0 atom stereocenters. The minimum atomic E-state index is -3.01. The van der Waals surface area contributed by atoms with Crippen LogP contribution in [0.25, 0.3) is 0 Å². The highest BCUT2D eigenvalue weighted by Crippen LogP contribution is 2.05. The maximum Gasteiger partial charge on any atom is 0.200 e. The van der Waals surface area contributed by atoms with Crippen LogP contribution in [0.1, 0.15) is 5.69 Å². The number of hydrogen-bond donors (Lipinski definition) is 1. The lowest BCUT2D eigenvalue weighted by Gasteiger charge is -1.90. The summed E-state index contributed by atoms with van der Waals surface area (Å²) < 4.78 is 23.2. The highest BCUT2D eigenvalue weighted by Gasteiger charge is 2.08. The average molecular weight is 189 g/mol. The molecule has 0 saturated carbocycles. The Kier molecular flexibility index (Phi) is 2.10. The Hall–Kier alpha value is -1.04. The molecule has 0 aliphatic rings. The van der Waals surface area contributed by atoms with Gasteiger partial charge in [-0.05, 0) is 0 Å². The van der Waals surface area contributed by atoms with Gasteiger partial charge in [0.15, 0.2) is 15.8 Å². The lowest BCUT2D eigenvalue weighted by Crippen LogP contribution is -2.00. The van der Waals surface area contributed by atoms with Gasteiger partial charge in [-0.1, -0.05) is 0 Å². The standard InChI is InChI=1S/C6H11N3O2S/c1-9-3-5(8-6(9)7)4-12(2,10)11/h3H,4H2,1-2H3,(H2,7,8). The van der Waals surface area contributed by atoms with E-state index in [4.69, 9.17) is 5.73 Å². The van der Waals surface area contributed by atoms with Gasteiger partial charge in [0.1, 0.15) is 0 Å². The molecule has 0 aromatic carbocycles. The SMILES string of the molecule is Cn1cc(CS(C)(=O)=O)nc1N. The predicted molar refractivity (Wildman–Crippen MR) is 46.2 cm³/mol. The predicted octanol–water partition coefficient (Wildman–Crippen LogP) is -0.453. The van der Waals surface area contributed by atoms with E-state index in [1.165, 1.54) is 0 Å². The molecule has 68 valence electrons. The molecule has 0 saturated heterocycles. The second-order valence-corrected chi connectivity index (χ2v) is 4.91. The van der Waals surface area contributed by atoms with Crippen molar-refractivity contribution in [1.82, 2.24) is 9.55 Å². The van der Waals surface area contributed by atoms with Crippen molar-refractivity contribution >= 4 is 15.8 Å². The van der Waals surface area contributed by atoms with Crippen LogP contribution in [0.15, 0.2) is 6.20 Å². The van der Waals surface area contributed by atoms with E-state index < -0.39 is 9.84 Å². The van der Waals surface area contributed by atoms with Gasteiger partial charge < -0.3 is 10.3 Å². The number of anilines is 1. The third-order valence-corrected chi connectivity index (χ3v) is 2.19. The number of rotatable bonds is 2. The first kappa shape index (κ1) is 9.05. The summed E-state index contributed by atoms with van der Waals surface area (Å²) in [6.07, 6.45) is 2.77. The number of hydrogen-bond acceptors (Lipinski definition) is 4. The van der Waals surface area contributed by atoms with E-state index >= 15 is 0 Å². The van der Waals surface area contributed by atoms with Gasteiger partial charge >= 0.3 is 0 Å². The van der Waals surface area contributed by atoms with Gasteiger partial charge in [-0.15, -0.1) is 0 Å². The Morgan fingerprint density at radius 3 is 2.58 bits per heavy atom.